The van der Waals surface area contributed by atoms with E-state index >= 15 is 0 Å². The molecule has 0 saturated heterocycles. The largest absolute Gasteiger partial charge is 0.496 e. The Labute approximate surface area is 99.1 Å². The lowest BCUT2D eigenvalue weighted by Crippen LogP contribution is -1.86. The second-order valence-electron chi connectivity index (χ2n) is 3.63. The van der Waals surface area contributed by atoms with Crippen molar-refractivity contribution in [1.82, 2.24) is 0 Å². The summed E-state index contributed by atoms with van der Waals surface area (Å²) in [5.74, 6) is 0.872. The van der Waals surface area contributed by atoms with E-state index < -0.39 is 0 Å². The molecule has 2 aromatic rings. The van der Waals surface area contributed by atoms with Crippen LogP contribution >= 0.6 is 11.3 Å². The molecular weight excluding hydrogens is 220 g/mol. The van der Waals surface area contributed by atoms with Gasteiger partial charge in [-0.05, 0) is 31.2 Å². The van der Waals surface area contributed by atoms with Crippen molar-refractivity contribution in [3.8, 4) is 16.2 Å². The van der Waals surface area contributed by atoms with Crippen molar-refractivity contribution in [3.63, 3.8) is 0 Å². The van der Waals surface area contributed by atoms with Crippen LogP contribution in [0.25, 0.3) is 10.4 Å². The fourth-order valence-electron chi connectivity index (χ4n) is 1.62. The molecule has 2 nitrogen and oxygen atoms in total. The van der Waals surface area contributed by atoms with Crippen LogP contribution in [0.3, 0.4) is 0 Å². The highest BCUT2D eigenvalue weighted by Gasteiger charge is 2.08. The molecule has 0 aliphatic rings. The van der Waals surface area contributed by atoms with Gasteiger partial charge in [0.15, 0.2) is 0 Å². The third-order valence-electron chi connectivity index (χ3n) is 2.44. The Hall–Kier alpha value is -1.32. The molecule has 2 rings (SSSR count). The first-order valence-corrected chi connectivity index (χ1v) is 5.91. The summed E-state index contributed by atoms with van der Waals surface area (Å²) in [6.45, 7) is 2.16. The Balaban J connectivity index is 2.49. The van der Waals surface area contributed by atoms with Crippen LogP contribution in [-0.2, 0) is 6.61 Å². The average molecular weight is 234 g/mol. The van der Waals surface area contributed by atoms with E-state index in [2.05, 4.69) is 13.0 Å². The monoisotopic (exact) mass is 234 g/mol. The van der Waals surface area contributed by atoms with E-state index in [1.807, 2.05) is 24.3 Å². The average Bonchev–Trinajstić information content (AvgIpc) is 2.77. The molecule has 0 saturated carbocycles. The molecule has 0 amide bonds. The van der Waals surface area contributed by atoms with Gasteiger partial charge in [0.2, 0.25) is 0 Å². The zero-order chi connectivity index (χ0) is 11.5. The van der Waals surface area contributed by atoms with E-state index in [1.54, 1.807) is 18.4 Å². The highest BCUT2D eigenvalue weighted by Crippen LogP contribution is 2.35. The van der Waals surface area contributed by atoms with Gasteiger partial charge in [-0.1, -0.05) is 11.6 Å². The fourth-order valence-corrected chi connectivity index (χ4v) is 2.51. The lowest BCUT2D eigenvalue weighted by molar-refractivity contribution is 0.285. The van der Waals surface area contributed by atoms with Gasteiger partial charge in [-0.3, -0.25) is 0 Å². The van der Waals surface area contributed by atoms with Crippen LogP contribution in [0, 0.1) is 6.92 Å². The Kier molecular flexibility index (Phi) is 3.27. The number of thiophene rings is 1. The van der Waals surface area contributed by atoms with Gasteiger partial charge in [-0.25, -0.2) is 0 Å². The zero-order valence-electron chi connectivity index (χ0n) is 9.36. The first kappa shape index (κ1) is 11.2. The molecule has 1 aromatic carbocycles. The number of hydrogen-bond acceptors (Lipinski definition) is 3. The molecule has 0 atom stereocenters. The van der Waals surface area contributed by atoms with Crippen LogP contribution in [0.5, 0.6) is 5.75 Å². The Bertz CT molecular complexity index is 488. The number of methoxy groups -OCH3 is 1. The zero-order valence-corrected chi connectivity index (χ0v) is 10.2. The van der Waals surface area contributed by atoms with Crippen LogP contribution in [0.1, 0.15) is 10.4 Å². The minimum absolute atomic E-state index is 0.0960. The maximum atomic E-state index is 9.06. The van der Waals surface area contributed by atoms with Crippen LogP contribution in [0.2, 0.25) is 0 Å². The number of hydrogen-bond donors (Lipinski definition) is 1. The van der Waals surface area contributed by atoms with Crippen LogP contribution in [0.15, 0.2) is 30.3 Å². The third-order valence-corrected chi connectivity index (χ3v) is 3.54. The van der Waals surface area contributed by atoms with E-state index in [0.717, 1.165) is 21.1 Å². The molecule has 16 heavy (non-hydrogen) atoms. The molecule has 1 aromatic heterocycles. The number of ether oxygens (including phenoxy) is 1. The van der Waals surface area contributed by atoms with Gasteiger partial charge < -0.3 is 9.84 Å². The van der Waals surface area contributed by atoms with Crippen molar-refractivity contribution in [3.05, 3.63) is 40.8 Å². The lowest BCUT2D eigenvalue weighted by atomic mass is 10.1. The van der Waals surface area contributed by atoms with E-state index in [0.29, 0.717) is 0 Å². The normalized spacial score (nSPS) is 10.4. The van der Waals surface area contributed by atoms with E-state index in [1.165, 1.54) is 5.56 Å². The molecule has 3 heteroatoms. The van der Waals surface area contributed by atoms with Crippen molar-refractivity contribution >= 4 is 11.3 Å². The predicted octanol–water partition coefficient (Wildman–Crippen LogP) is 3.22. The number of benzene rings is 1. The van der Waals surface area contributed by atoms with Gasteiger partial charge in [-0.15, -0.1) is 11.3 Å². The van der Waals surface area contributed by atoms with Gasteiger partial charge >= 0.3 is 0 Å². The number of aliphatic hydroxyl groups excluding tert-OH is 1. The minimum Gasteiger partial charge on any atom is -0.496 e. The van der Waals surface area contributed by atoms with Crippen molar-refractivity contribution in [2.75, 3.05) is 7.11 Å². The molecular formula is C13H14O2S. The Morgan fingerprint density at radius 3 is 2.69 bits per heavy atom. The van der Waals surface area contributed by atoms with Gasteiger partial charge in [0.1, 0.15) is 5.75 Å². The molecule has 0 bridgehead atoms. The maximum absolute atomic E-state index is 9.06. The SMILES string of the molecule is COc1ccc(C)cc1-c1ccc(CO)s1. The van der Waals surface area contributed by atoms with Crippen LogP contribution in [0.4, 0.5) is 0 Å². The molecule has 0 fully saturated rings. The lowest BCUT2D eigenvalue weighted by Gasteiger charge is -2.07. The highest BCUT2D eigenvalue weighted by atomic mass is 32.1. The summed E-state index contributed by atoms with van der Waals surface area (Å²) in [4.78, 5) is 2.10. The summed E-state index contributed by atoms with van der Waals surface area (Å²) in [6, 6.07) is 10.1. The molecule has 0 radical (unpaired) electrons. The first-order valence-electron chi connectivity index (χ1n) is 5.09. The predicted molar refractivity (Wildman–Crippen MR) is 67.0 cm³/mol. The quantitative estimate of drug-likeness (QED) is 0.883. The topological polar surface area (TPSA) is 29.5 Å². The van der Waals surface area contributed by atoms with Gasteiger partial charge in [0, 0.05) is 15.3 Å². The highest BCUT2D eigenvalue weighted by molar-refractivity contribution is 7.15. The minimum atomic E-state index is 0.0960. The second-order valence-corrected chi connectivity index (χ2v) is 4.80. The third kappa shape index (κ3) is 2.10. The van der Waals surface area contributed by atoms with Gasteiger partial charge in [0.05, 0.1) is 13.7 Å². The van der Waals surface area contributed by atoms with Crippen LogP contribution in [-0.4, -0.2) is 12.2 Å². The summed E-state index contributed by atoms with van der Waals surface area (Å²) in [6.07, 6.45) is 0. The first-order chi connectivity index (χ1) is 7.74. The second kappa shape index (κ2) is 4.68. The van der Waals surface area contributed by atoms with Crippen LogP contribution < -0.4 is 4.74 Å². The van der Waals surface area contributed by atoms with Crippen molar-refractivity contribution in [2.45, 2.75) is 13.5 Å². The van der Waals surface area contributed by atoms with Crippen molar-refractivity contribution < 1.29 is 9.84 Å². The summed E-state index contributed by atoms with van der Waals surface area (Å²) in [5.41, 5.74) is 2.29. The Morgan fingerprint density at radius 2 is 2.06 bits per heavy atom. The molecule has 84 valence electrons. The van der Waals surface area contributed by atoms with Crippen molar-refractivity contribution in [2.24, 2.45) is 0 Å². The van der Waals surface area contributed by atoms with E-state index in [4.69, 9.17) is 9.84 Å². The molecule has 1 N–H and O–H groups in total. The van der Waals surface area contributed by atoms with Gasteiger partial charge in [0.25, 0.3) is 0 Å². The summed E-state index contributed by atoms with van der Waals surface area (Å²) in [5, 5.41) is 9.06. The molecule has 0 spiro atoms. The Morgan fingerprint density at radius 1 is 1.25 bits per heavy atom. The summed E-state index contributed by atoms with van der Waals surface area (Å²) >= 11 is 1.59. The number of aliphatic hydroxyl groups is 1. The standard InChI is InChI=1S/C13H14O2S/c1-9-3-5-12(15-2)11(7-9)13-6-4-10(8-14)16-13/h3-7,14H,8H2,1-2H3. The van der Waals surface area contributed by atoms with E-state index in [9.17, 15) is 0 Å². The summed E-state index contributed by atoms with van der Waals surface area (Å²) < 4.78 is 5.34. The molecule has 0 aliphatic carbocycles. The van der Waals surface area contributed by atoms with Crippen molar-refractivity contribution in [1.29, 1.82) is 0 Å². The molecule has 0 aliphatic heterocycles. The summed E-state index contributed by atoms with van der Waals surface area (Å²) in [7, 11) is 1.68. The number of rotatable bonds is 3. The molecule has 0 unspecified atom stereocenters. The number of aryl methyl sites for hydroxylation is 1. The maximum Gasteiger partial charge on any atom is 0.127 e. The van der Waals surface area contributed by atoms with Gasteiger partial charge in [-0.2, -0.15) is 0 Å². The fraction of sp³-hybridized carbons (Fsp3) is 0.231. The molecule has 1 heterocycles. The smallest absolute Gasteiger partial charge is 0.127 e. The van der Waals surface area contributed by atoms with E-state index in [-0.39, 0.29) is 6.61 Å².